The fraction of sp³-hybridized carbons (Fsp3) is 0.0455. The molecule has 0 bridgehead atoms. The summed E-state index contributed by atoms with van der Waals surface area (Å²) in [6, 6.07) is 16.1. The number of hydrazone groups is 1. The molecule has 0 aliphatic carbocycles. The molecule has 0 radical (unpaired) electrons. The van der Waals surface area contributed by atoms with Crippen LogP contribution in [0.25, 0.3) is 0 Å². The van der Waals surface area contributed by atoms with E-state index in [9.17, 15) is 9.59 Å². The summed E-state index contributed by atoms with van der Waals surface area (Å²) in [5, 5.41) is 4.55. The van der Waals surface area contributed by atoms with Crippen molar-refractivity contribution >= 4 is 41.3 Å². The maximum Gasteiger partial charge on any atom is 0.343 e. The van der Waals surface area contributed by atoms with Gasteiger partial charge in [0.25, 0.3) is 5.91 Å². The minimum atomic E-state index is -0.573. The van der Waals surface area contributed by atoms with E-state index in [0.717, 1.165) is 0 Å². The van der Waals surface area contributed by atoms with Crippen molar-refractivity contribution in [3.05, 3.63) is 87.4 Å². The maximum atomic E-state index is 12.5. The first-order valence-corrected chi connectivity index (χ1v) is 9.76. The standard InChI is InChI=1S/C22H14Cl2N2O5/c23-15-6-7-16(17(24)10-15)21(27)26-25-11-14-3-1-2-4-18(14)31-22(28)13-5-8-19-20(9-13)30-12-29-19/h1-11H,12H2,(H,26,27)/b25-11-. The third kappa shape index (κ3) is 4.79. The summed E-state index contributed by atoms with van der Waals surface area (Å²) in [6.45, 7) is 0.111. The molecule has 156 valence electrons. The summed E-state index contributed by atoms with van der Waals surface area (Å²) in [7, 11) is 0. The number of benzene rings is 3. The molecule has 3 aromatic carbocycles. The van der Waals surface area contributed by atoms with Gasteiger partial charge >= 0.3 is 5.97 Å². The van der Waals surface area contributed by atoms with Gasteiger partial charge in [-0.1, -0.05) is 35.3 Å². The smallest absolute Gasteiger partial charge is 0.343 e. The summed E-state index contributed by atoms with van der Waals surface area (Å²) in [6.07, 6.45) is 1.37. The summed E-state index contributed by atoms with van der Waals surface area (Å²) < 4.78 is 16.0. The van der Waals surface area contributed by atoms with Gasteiger partial charge in [0.15, 0.2) is 11.5 Å². The number of hydrogen-bond acceptors (Lipinski definition) is 6. The summed E-state index contributed by atoms with van der Waals surface area (Å²) in [4.78, 5) is 24.8. The van der Waals surface area contributed by atoms with Gasteiger partial charge < -0.3 is 14.2 Å². The third-order valence-corrected chi connectivity index (χ3v) is 4.82. The molecule has 1 aliphatic rings. The normalized spacial score (nSPS) is 12.1. The van der Waals surface area contributed by atoms with Gasteiger partial charge in [-0.2, -0.15) is 5.10 Å². The largest absolute Gasteiger partial charge is 0.454 e. The predicted octanol–water partition coefficient (Wildman–Crippen LogP) is 4.71. The minimum Gasteiger partial charge on any atom is -0.454 e. The zero-order chi connectivity index (χ0) is 21.8. The Kier molecular flexibility index (Phi) is 6.06. The molecular formula is C22H14Cl2N2O5. The SMILES string of the molecule is O=C(Oc1ccccc1/C=N\NC(=O)c1ccc(Cl)cc1Cl)c1ccc2c(c1)OCO2. The van der Waals surface area contributed by atoms with Crippen molar-refractivity contribution in [2.45, 2.75) is 0 Å². The molecule has 1 amide bonds. The van der Waals surface area contributed by atoms with Crippen molar-refractivity contribution in [1.82, 2.24) is 5.43 Å². The Balaban J connectivity index is 1.45. The van der Waals surface area contributed by atoms with E-state index in [-0.39, 0.29) is 23.1 Å². The van der Waals surface area contributed by atoms with E-state index >= 15 is 0 Å². The van der Waals surface area contributed by atoms with Crippen LogP contribution in [0.1, 0.15) is 26.3 Å². The predicted molar refractivity (Wildman–Crippen MR) is 115 cm³/mol. The Morgan fingerprint density at radius 1 is 1.00 bits per heavy atom. The second-order valence-corrected chi connectivity index (χ2v) is 7.16. The average Bonchev–Trinajstić information content (AvgIpc) is 3.22. The molecule has 0 atom stereocenters. The molecular weight excluding hydrogens is 443 g/mol. The topological polar surface area (TPSA) is 86.2 Å². The van der Waals surface area contributed by atoms with Crippen molar-refractivity contribution in [1.29, 1.82) is 0 Å². The lowest BCUT2D eigenvalue weighted by Crippen LogP contribution is -2.18. The quantitative estimate of drug-likeness (QED) is 0.260. The molecule has 0 saturated heterocycles. The van der Waals surface area contributed by atoms with Crippen molar-refractivity contribution in [3.8, 4) is 17.2 Å². The van der Waals surface area contributed by atoms with Crippen LogP contribution in [-0.2, 0) is 0 Å². The number of carbonyl (C=O) groups excluding carboxylic acids is 2. The maximum absolute atomic E-state index is 12.5. The number of para-hydroxylation sites is 1. The number of amides is 1. The highest BCUT2D eigenvalue weighted by Crippen LogP contribution is 2.33. The average molecular weight is 457 g/mol. The molecule has 31 heavy (non-hydrogen) atoms. The van der Waals surface area contributed by atoms with Crippen LogP contribution in [-0.4, -0.2) is 24.9 Å². The second kappa shape index (κ2) is 9.07. The number of halogens is 2. The van der Waals surface area contributed by atoms with Crippen molar-refractivity contribution in [3.63, 3.8) is 0 Å². The van der Waals surface area contributed by atoms with Crippen LogP contribution >= 0.6 is 23.2 Å². The zero-order valence-corrected chi connectivity index (χ0v) is 17.3. The van der Waals surface area contributed by atoms with Gasteiger partial charge in [0.1, 0.15) is 5.75 Å². The van der Waals surface area contributed by atoms with Crippen LogP contribution in [0.3, 0.4) is 0 Å². The van der Waals surface area contributed by atoms with Crippen LogP contribution in [0, 0.1) is 0 Å². The fourth-order valence-corrected chi connectivity index (χ4v) is 3.25. The molecule has 0 unspecified atom stereocenters. The lowest BCUT2D eigenvalue weighted by Gasteiger charge is -2.08. The lowest BCUT2D eigenvalue weighted by atomic mass is 10.2. The Hall–Kier alpha value is -3.55. The van der Waals surface area contributed by atoms with Crippen LogP contribution < -0.4 is 19.6 Å². The molecule has 0 saturated carbocycles. The third-order valence-electron chi connectivity index (χ3n) is 4.28. The molecule has 7 nitrogen and oxygen atoms in total. The number of esters is 1. The van der Waals surface area contributed by atoms with E-state index in [2.05, 4.69) is 10.5 Å². The number of fused-ring (bicyclic) bond motifs is 1. The molecule has 0 fully saturated rings. The molecule has 9 heteroatoms. The van der Waals surface area contributed by atoms with Gasteiger partial charge in [-0.25, -0.2) is 10.2 Å². The highest BCUT2D eigenvalue weighted by atomic mass is 35.5. The Labute approximate surface area is 187 Å². The summed E-state index contributed by atoms with van der Waals surface area (Å²) in [5.74, 6) is 0.241. The van der Waals surface area contributed by atoms with Crippen molar-refractivity contribution in [2.75, 3.05) is 6.79 Å². The number of nitrogens with zero attached hydrogens (tertiary/aromatic N) is 1. The number of nitrogens with one attached hydrogen (secondary N) is 1. The lowest BCUT2D eigenvalue weighted by molar-refractivity contribution is 0.0733. The molecule has 1 aliphatic heterocycles. The molecule has 0 spiro atoms. The fourth-order valence-electron chi connectivity index (χ4n) is 2.76. The van der Waals surface area contributed by atoms with Gasteiger partial charge in [0.05, 0.1) is 22.4 Å². The van der Waals surface area contributed by atoms with Crippen LogP contribution in [0.2, 0.25) is 10.0 Å². The monoisotopic (exact) mass is 456 g/mol. The van der Waals surface area contributed by atoms with E-state index in [1.165, 1.54) is 18.3 Å². The van der Waals surface area contributed by atoms with Crippen LogP contribution in [0.15, 0.2) is 65.8 Å². The number of rotatable bonds is 5. The molecule has 4 rings (SSSR count). The Bertz CT molecular complexity index is 1200. The first-order chi connectivity index (χ1) is 15.0. The molecule has 1 heterocycles. The molecule has 1 N–H and O–H groups in total. The first-order valence-electron chi connectivity index (χ1n) is 9.00. The van der Waals surface area contributed by atoms with E-state index in [4.69, 9.17) is 37.4 Å². The van der Waals surface area contributed by atoms with Crippen molar-refractivity contribution in [2.24, 2.45) is 5.10 Å². The van der Waals surface area contributed by atoms with E-state index in [0.29, 0.717) is 27.6 Å². The van der Waals surface area contributed by atoms with Gasteiger partial charge in [-0.05, 0) is 48.5 Å². The van der Waals surface area contributed by atoms with Crippen LogP contribution in [0.5, 0.6) is 17.2 Å². The molecule has 0 aromatic heterocycles. The van der Waals surface area contributed by atoms with Gasteiger partial charge in [-0.3, -0.25) is 4.79 Å². The minimum absolute atomic E-state index is 0.111. The summed E-state index contributed by atoms with van der Waals surface area (Å²) in [5.41, 5.74) is 3.40. The second-order valence-electron chi connectivity index (χ2n) is 6.32. The van der Waals surface area contributed by atoms with E-state index < -0.39 is 11.9 Å². The Morgan fingerprint density at radius 3 is 2.65 bits per heavy atom. The summed E-state index contributed by atoms with van der Waals surface area (Å²) >= 11 is 11.9. The van der Waals surface area contributed by atoms with Crippen LogP contribution in [0.4, 0.5) is 0 Å². The highest BCUT2D eigenvalue weighted by molar-refractivity contribution is 6.36. The highest BCUT2D eigenvalue weighted by Gasteiger charge is 2.18. The van der Waals surface area contributed by atoms with Gasteiger partial charge in [0, 0.05) is 10.6 Å². The van der Waals surface area contributed by atoms with Gasteiger partial charge in [-0.15, -0.1) is 0 Å². The zero-order valence-electron chi connectivity index (χ0n) is 15.8. The molecule has 3 aromatic rings. The van der Waals surface area contributed by atoms with E-state index in [1.807, 2.05) is 0 Å². The van der Waals surface area contributed by atoms with Crippen molar-refractivity contribution < 1.29 is 23.8 Å². The van der Waals surface area contributed by atoms with E-state index in [1.54, 1.807) is 48.5 Å². The number of hydrogen-bond donors (Lipinski definition) is 1. The first kappa shape index (κ1) is 20.7. The van der Waals surface area contributed by atoms with Gasteiger partial charge in [0.2, 0.25) is 6.79 Å². The number of carbonyl (C=O) groups is 2. The Morgan fingerprint density at radius 2 is 1.81 bits per heavy atom. The number of ether oxygens (including phenoxy) is 3.